The molecular formula is C18H19FN4O3. The van der Waals surface area contributed by atoms with Crippen LogP contribution in [0.4, 0.5) is 10.1 Å². The van der Waals surface area contributed by atoms with Gasteiger partial charge in [0.05, 0.1) is 37.9 Å². The van der Waals surface area contributed by atoms with E-state index >= 15 is 0 Å². The van der Waals surface area contributed by atoms with Crippen molar-refractivity contribution in [2.75, 3.05) is 32.2 Å². The summed E-state index contributed by atoms with van der Waals surface area (Å²) in [6.45, 7) is 4.21. The minimum Gasteiger partial charge on any atom is -0.494 e. The van der Waals surface area contributed by atoms with Gasteiger partial charge in [0.25, 0.3) is 0 Å². The summed E-state index contributed by atoms with van der Waals surface area (Å²) < 4.78 is 31.5. The van der Waals surface area contributed by atoms with Crippen LogP contribution in [0.5, 0.6) is 17.4 Å². The molecule has 26 heavy (non-hydrogen) atoms. The molecule has 8 heteroatoms. The van der Waals surface area contributed by atoms with Crippen LogP contribution >= 0.6 is 0 Å². The van der Waals surface area contributed by atoms with E-state index in [1.807, 2.05) is 6.92 Å². The lowest BCUT2D eigenvalue weighted by molar-refractivity contribution is -0.0248. The third kappa shape index (κ3) is 3.15. The topological polar surface area (TPSA) is 69.9 Å². The molecule has 1 N–H and O–H groups in total. The first kappa shape index (κ1) is 16.6. The van der Waals surface area contributed by atoms with Crippen LogP contribution in [0.15, 0.2) is 30.5 Å². The Hall–Kier alpha value is -2.87. The zero-order valence-electron chi connectivity index (χ0n) is 14.5. The Morgan fingerprint density at radius 2 is 2.19 bits per heavy atom. The third-order valence-corrected chi connectivity index (χ3v) is 4.25. The first-order valence-electron chi connectivity index (χ1n) is 8.32. The predicted molar refractivity (Wildman–Crippen MR) is 93.5 cm³/mol. The summed E-state index contributed by atoms with van der Waals surface area (Å²) in [5, 5.41) is 7.82. The fourth-order valence-electron chi connectivity index (χ4n) is 2.72. The van der Waals surface area contributed by atoms with Crippen LogP contribution in [-0.2, 0) is 4.74 Å². The molecule has 0 radical (unpaired) electrons. The number of ether oxygens (including phenoxy) is 3. The first-order chi connectivity index (χ1) is 12.6. The fourth-order valence-corrected chi connectivity index (χ4v) is 2.72. The lowest BCUT2D eigenvalue weighted by atomic mass is 10.1. The zero-order valence-corrected chi connectivity index (χ0v) is 14.5. The van der Waals surface area contributed by atoms with E-state index in [4.69, 9.17) is 14.2 Å². The van der Waals surface area contributed by atoms with Gasteiger partial charge in [0.15, 0.2) is 17.2 Å². The highest BCUT2D eigenvalue weighted by molar-refractivity contribution is 5.68. The van der Waals surface area contributed by atoms with E-state index in [1.165, 1.54) is 19.2 Å². The van der Waals surface area contributed by atoms with Crippen molar-refractivity contribution in [3.63, 3.8) is 0 Å². The van der Waals surface area contributed by atoms with Gasteiger partial charge in [-0.1, -0.05) is 0 Å². The van der Waals surface area contributed by atoms with Crippen LogP contribution in [0.1, 0.15) is 5.69 Å². The first-order valence-corrected chi connectivity index (χ1v) is 8.32. The maximum Gasteiger partial charge on any atom is 0.239 e. The summed E-state index contributed by atoms with van der Waals surface area (Å²) >= 11 is 0. The third-order valence-electron chi connectivity index (χ3n) is 4.25. The maximum absolute atomic E-state index is 13.9. The van der Waals surface area contributed by atoms with E-state index in [2.05, 4.69) is 15.4 Å². The average molecular weight is 358 g/mol. The number of hydrogen-bond donors (Lipinski definition) is 1. The molecule has 0 spiro atoms. The zero-order chi connectivity index (χ0) is 18.1. The molecule has 1 aromatic carbocycles. The molecule has 7 nitrogen and oxygen atoms in total. The molecular weight excluding hydrogens is 339 g/mol. The number of benzene rings is 1. The lowest BCUT2D eigenvalue weighted by Crippen LogP contribution is -2.33. The molecule has 3 aromatic rings. The number of fused-ring (bicyclic) bond motifs is 1. The van der Waals surface area contributed by atoms with Crippen LogP contribution in [0.3, 0.4) is 0 Å². The second-order valence-corrected chi connectivity index (χ2v) is 6.21. The summed E-state index contributed by atoms with van der Waals surface area (Å²) in [6.07, 6.45) is 1.75. The molecule has 1 saturated heterocycles. The Bertz CT molecular complexity index is 940. The van der Waals surface area contributed by atoms with E-state index < -0.39 is 5.82 Å². The monoisotopic (exact) mass is 358 g/mol. The van der Waals surface area contributed by atoms with Crippen molar-refractivity contribution >= 4 is 11.3 Å². The minimum absolute atomic E-state index is 0.163. The molecule has 0 atom stereocenters. The number of rotatable bonds is 6. The summed E-state index contributed by atoms with van der Waals surface area (Å²) in [5.41, 5.74) is 2.40. The second-order valence-electron chi connectivity index (χ2n) is 6.21. The Kier molecular flexibility index (Phi) is 4.34. The lowest BCUT2D eigenvalue weighted by Gasteiger charge is -2.26. The van der Waals surface area contributed by atoms with Crippen LogP contribution < -0.4 is 14.8 Å². The number of nitrogens with zero attached hydrogens (tertiary/aromatic N) is 3. The normalized spacial score (nSPS) is 14.3. The number of halogens is 1. The van der Waals surface area contributed by atoms with Gasteiger partial charge < -0.3 is 19.5 Å². The summed E-state index contributed by atoms with van der Waals surface area (Å²) in [5.74, 6) is 0.839. The van der Waals surface area contributed by atoms with E-state index in [9.17, 15) is 4.39 Å². The highest BCUT2D eigenvalue weighted by Gasteiger charge is 2.19. The predicted octanol–water partition coefficient (Wildman–Crippen LogP) is 3.04. The van der Waals surface area contributed by atoms with Crippen molar-refractivity contribution in [3.05, 3.63) is 42.0 Å². The van der Waals surface area contributed by atoms with Gasteiger partial charge in [-0.15, -0.1) is 5.10 Å². The molecule has 0 bridgehead atoms. The van der Waals surface area contributed by atoms with Crippen molar-refractivity contribution in [2.45, 2.75) is 6.92 Å². The van der Waals surface area contributed by atoms with Crippen molar-refractivity contribution in [2.24, 2.45) is 5.92 Å². The van der Waals surface area contributed by atoms with Gasteiger partial charge in [-0.05, 0) is 19.1 Å². The van der Waals surface area contributed by atoms with Crippen molar-refractivity contribution in [1.29, 1.82) is 0 Å². The molecule has 1 fully saturated rings. The molecule has 0 unspecified atom stereocenters. The van der Waals surface area contributed by atoms with Gasteiger partial charge in [-0.2, -0.15) is 0 Å². The van der Waals surface area contributed by atoms with Crippen LogP contribution in [0.2, 0.25) is 0 Å². The van der Waals surface area contributed by atoms with Crippen LogP contribution in [0.25, 0.3) is 5.65 Å². The van der Waals surface area contributed by atoms with E-state index in [0.29, 0.717) is 17.5 Å². The number of nitrogens with one attached hydrogen (secondary N) is 1. The summed E-state index contributed by atoms with van der Waals surface area (Å²) in [6, 6.07) is 6.18. The van der Waals surface area contributed by atoms with Crippen LogP contribution in [-0.4, -0.2) is 41.5 Å². The number of aromatic nitrogens is 3. The largest absolute Gasteiger partial charge is 0.494 e. The molecule has 3 heterocycles. The summed E-state index contributed by atoms with van der Waals surface area (Å²) in [7, 11) is 1.42. The van der Waals surface area contributed by atoms with Crippen molar-refractivity contribution < 1.29 is 18.6 Å². The van der Waals surface area contributed by atoms with E-state index in [-0.39, 0.29) is 5.75 Å². The van der Waals surface area contributed by atoms with E-state index in [0.717, 1.165) is 36.8 Å². The highest BCUT2D eigenvalue weighted by Crippen LogP contribution is 2.28. The molecule has 1 aliphatic rings. The van der Waals surface area contributed by atoms with Gasteiger partial charge in [0, 0.05) is 24.6 Å². The summed E-state index contributed by atoms with van der Waals surface area (Å²) in [4.78, 5) is 4.40. The van der Waals surface area contributed by atoms with E-state index in [1.54, 1.807) is 22.8 Å². The molecule has 136 valence electrons. The second kappa shape index (κ2) is 6.80. The quantitative estimate of drug-likeness (QED) is 0.730. The Morgan fingerprint density at radius 3 is 2.88 bits per heavy atom. The fraction of sp³-hybridized carbons (Fsp3) is 0.333. The average Bonchev–Trinajstić information content (AvgIpc) is 2.95. The van der Waals surface area contributed by atoms with Gasteiger partial charge in [0.1, 0.15) is 5.75 Å². The molecule has 2 aromatic heterocycles. The molecule has 0 saturated carbocycles. The van der Waals surface area contributed by atoms with Gasteiger partial charge in [-0.25, -0.2) is 13.9 Å². The molecule has 0 aliphatic carbocycles. The molecule has 4 rings (SSSR count). The number of aryl methyl sites for hydroxylation is 1. The van der Waals surface area contributed by atoms with Crippen molar-refractivity contribution in [1.82, 2.24) is 14.6 Å². The Morgan fingerprint density at radius 1 is 1.35 bits per heavy atom. The van der Waals surface area contributed by atoms with Gasteiger partial charge >= 0.3 is 0 Å². The number of hydrogen-bond acceptors (Lipinski definition) is 6. The maximum atomic E-state index is 13.9. The standard InChI is InChI=1S/C18H19FN4O3/c1-11-7-21-18-15(20-8-12-9-25-10-12)6-17(22-23(11)18)26-13-3-4-16(24-2)14(19)5-13/h3-7,12,20H,8-10H2,1-2H3. The number of methoxy groups -OCH3 is 1. The Balaban J connectivity index is 1.63. The number of imidazole rings is 1. The van der Waals surface area contributed by atoms with Gasteiger partial charge in [0.2, 0.25) is 5.88 Å². The minimum atomic E-state index is -0.492. The number of anilines is 1. The smallest absolute Gasteiger partial charge is 0.239 e. The molecule has 1 aliphatic heterocycles. The molecule has 0 amide bonds. The highest BCUT2D eigenvalue weighted by atomic mass is 19.1. The Labute approximate surface area is 149 Å². The SMILES string of the molecule is COc1ccc(Oc2cc(NCC3COC3)c3ncc(C)n3n2)cc1F. The van der Waals surface area contributed by atoms with Gasteiger partial charge in [-0.3, -0.25) is 0 Å². The van der Waals surface area contributed by atoms with Crippen LogP contribution in [0, 0.1) is 18.7 Å². The van der Waals surface area contributed by atoms with Crippen molar-refractivity contribution in [3.8, 4) is 17.4 Å².